The highest BCUT2D eigenvalue weighted by Crippen LogP contribution is 2.43. The van der Waals surface area contributed by atoms with Crippen molar-refractivity contribution >= 4 is 11.6 Å². The molecule has 0 amide bonds. The van der Waals surface area contributed by atoms with Crippen LogP contribution in [0.25, 0.3) is 0 Å². The van der Waals surface area contributed by atoms with E-state index in [1.54, 1.807) is 0 Å². The van der Waals surface area contributed by atoms with E-state index in [2.05, 4.69) is 5.32 Å². The molecule has 86 valence electrons. The zero-order valence-electron chi connectivity index (χ0n) is 8.66. The highest BCUT2D eigenvalue weighted by molar-refractivity contribution is 6.31. The van der Waals surface area contributed by atoms with Crippen molar-refractivity contribution in [1.82, 2.24) is 5.32 Å². The first-order valence-corrected chi connectivity index (χ1v) is 5.64. The van der Waals surface area contributed by atoms with Gasteiger partial charge in [0.25, 0.3) is 0 Å². The van der Waals surface area contributed by atoms with Crippen LogP contribution in [-0.4, -0.2) is 26.5 Å². The summed E-state index contributed by atoms with van der Waals surface area (Å²) in [5, 5.41) is 3.94. The van der Waals surface area contributed by atoms with E-state index in [-0.39, 0.29) is 12.9 Å². The van der Waals surface area contributed by atoms with Gasteiger partial charge in [0.2, 0.25) is 6.79 Å². The van der Waals surface area contributed by atoms with Crippen molar-refractivity contribution in [1.29, 1.82) is 0 Å². The van der Waals surface area contributed by atoms with Gasteiger partial charge < -0.3 is 19.5 Å². The first-order valence-electron chi connectivity index (χ1n) is 5.26. The third kappa shape index (κ3) is 1.63. The summed E-state index contributed by atoms with van der Waals surface area (Å²) >= 11 is 6.20. The van der Waals surface area contributed by atoms with Gasteiger partial charge >= 0.3 is 0 Å². The second-order valence-corrected chi connectivity index (χ2v) is 4.17. The fraction of sp³-hybridized carbons (Fsp3) is 0.455. The summed E-state index contributed by atoms with van der Waals surface area (Å²) in [7, 11) is 0. The van der Waals surface area contributed by atoms with Crippen LogP contribution >= 0.6 is 11.6 Å². The van der Waals surface area contributed by atoms with Crippen LogP contribution in [0.15, 0.2) is 12.1 Å². The third-order valence-electron chi connectivity index (χ3n) is 2.77. The summed E-state index contributed by atoms with van der Waals surface area (Å²) in [4.78, 5) is 0. The molecule has 1 unspecified atom stereocenters. The predicted octanol–water partition coefficient (Wildman–Crippen LogP) is 1.73. The minimum Gasteiger partial charge on any atom is -0.454 e. The van der Waals surface area contributed by atoms with E-state index in [1.165, 1.54) is 0 Å². The van der Waals surface area contributed by atoms with Gasteiger partial charge in [-0.2, -0.15) is 0 Å². The Labute approximate surface area is 98.4 Å². The van der Waals surface area contributed by atoms with Crippen LogP contribution in [0.1, 0.15) is 11.7 Å². The number of morpholine rings is 1. The number of rotatable bonds is 1. The molecule has 2 aliphatic rings. The zero-order chi connectivity index (χ0) is 11.0. The lowest BCUT2D eigenvalue weighted by Gasteiger charge is -2.25. The number of fused-ring (bicyclic) bond motifs is 1. The van der Waals surface area contributed by atoms with Crippen LogP contribution < -0.4 is 14.8 Å². The van der Waals surface area contributed by atoms with Gasteiger partial charge in [0.05, 0.1) is 11.6 Å². The van der Waals surface area contributed by atoms with Crippen LogP contribution in [0.2, 0.25) is 5.02 Å². The lowest BCUT2D eigenvalue weighted by Crippen LogP contribution is -2.33. The second kappa shape index (κ2) is 4.13. The average Bonchev–Trinajstić information content (AvgIpc) is 2.78. The Balaban J connectivity index is 2.01. The van der Waals surface area contributed by atoms with Gasteiger partial charge in [0.1, 0.15) is 6.10 Å². The van der Waals surface area contributed by atoms with Crippen LogP contribution in [0.4, 0.5) is 0 Å². The van der Waals surface area contributed by atoms with Crippen molar-refractivity contribution in [3.63, 3.8) is 0 Å². The van der Waals surface area contributed by atoms with Crippen molar-refractivity contribution in [2.24, 2.45) is 0 Å². The Hall–Kier alpha value is -0.970. The molecular weight excluding hydrogens is 230 g/mol. The minimum atomic E-state index is -0.0575. The number of benzene rings is 1. The molecule has 0 spiro atoms. The van der Waals surface area contributed by atoms with E-state index in [1.807, 2.05) is 12.1 Å². The molecule has 1 aromatic carbocycles. The third-order valence-corrected chi connectivity index (χ3v) is 3.10. The molecule has 16 heavy (non-hydrogen) atoms. The van der Waals surface area contributed by atoms with Gasteiger partial charge in [0.15, 0.2) is 11.5 Å². The van der Waals surface area contributed by atoms with Crippen molar-refractivity contribution in [2.75, 3.05) is 26.5 Å². The molecule has 0 aromatic heterocycles. The summed E-state index contributed by atoms with van der Waals surface area (Å²) in [6.07, 6.45) is -0.0575. The first kappa shape index (κ1) is 10.2. The lowest BCUT2D eigenvalue weighted by molar-refractivity contribution is 0.0260. The fourth-order valence-electron chi connectivity index (χ4n) is 2.02. The number of ether oxygens (including phenoxy) is 3. The standard InChI is InChI=1S/C11H12ClNO3/c12-7-1-2-8-11(16-6-15-8)10(7)9-5-13-3-4-14-9/h1-2,9,13H,3-6H2. The van der Waals surface area contributed by atoms with Gasteiger partial charge in [-0.3, -0.25) is 0 Å². The molecule has 0 bridgehead atoms. The average molecular weight is 242 g/mol. The number of nitrogens with one attached hydrogen (secondary N) is 1. The Morgan fingerprint density at radius 3 is 3.06 bits per heavy atom. The van der Waals surface area contributed by atoms with Gasteiger partial charge in [0, 0.05) is 18.7 Å². The summed E-state index contributed by atoms with van der Waals surface area (Å²) in [5.41, 5.74) is 0.892. The normalized spacial score (nSPS) is 23.4. The fourth-order valence-corrected chi connectivity index (χ4v) is 2.29. The molecule has 1 saturated heterocycles. The SMILES string of the molecule is Clc1ccc2c(c1C1CNCCO1)OCO2. The van der Waals surface area contributed by atoms with Crippen molar-refractivity contribution in [3.8, 4) is 11.5 Å². The quantitative estimate of drug-likeness (QED) is 0.813. The molecule has 3 rings (SSSR count). The maximum Gasteiger partial charge on any atom is 0.231 e. The molecule has 0 radical (unpaired) electrons. The van der Waals surface area contributed by atoms with Gasteiger partial charge in [-0.15, -0.1) is 0 Å². The largest absolute Gasteiger partial charge is 0.454 e. The van der Waals surface area contributed by atoms with E-state index in [4.69, 9.17) is 25.8 Å². The molecule has 0 aliphatic carbocycles. The molecule has 2 heterocycles. The van der Waals surface area contributed by atoms with Crippen LogP contribution in [0.3, 0.4) is 0 Å². The van der Waals surface area contributed by atoms with E-state index < -0.39 is 0 Å². The predicted molar refractivity (Wildman–Crippen MR) is 59.1 cm³/mol. The monoisotopic (exact) mass is 241 g/mol. The van der Waals surface area contributed by atoms with Crippen molar-refractivity contribution in [3.05, 3.63) is 22.7 Å². The summed E-state index contributed by atoms with van der Waals surface area (Å²) in [6.45, 7) is 2.56. The number of halogens is 1. The van der Waals surface area contributed by atoms with E-state index in [0.717, 1.165) is 30.2 Å². The Bertz CT molecular complexity index is 404. The van der Waals surface area contributed by atoms with E-state index in [9.17, 15) is 0 Å². The van der Waals surface area contributed by atoms with E-state index >= 15 is 0 Å². The van der Waals surface area contributed by atoms with Gasteiger partial charge in [-0.25, -0.2) is 0 Å². The summed E-state index contributed by atoms with van der Waals surface area (Å²) in [6, 6.07) is 3.65. The molecule has 2 aliphatic heterocycles. The van der Waals surface area contributed by atoms with E-state index in [0.29, 0.717) is 11.6 Å². The maximum absolute atomic E-state index is 6.20. The summed E-state index contributed by atoms with van der Waals surface area (Å²) < 4.78 is 16.5. The molecule has 1 fully saturated rings. The Morgan fingerprint density at radius 1 is 1.31 bits per heavy atom. The highest BCUT2D eigenvalue weighted by Gasteiger charge is 2.27. The molecular formula is C11H12ClNO3. The Morgan fingerprint density at radius 2 is 2.25 bits per heavy atom. The molecule has 4 nitrogen and oxygen atoms in total. The molecule has 1 N–H and O–H groups in total. The maximum atomic E-state index is 6.20. The van der Waals surface area contributed by atoms with Crippen LogP contribution in [0.5, 0.6) is 11.5 Å². The van der Waals surface area contributed by atoms with Crippen molar-refractivity contribution < 1.29 is 14.2 Å². The highest BCUT2D eigenvalue weighted by atomic mass is 35.5. The molecule has 1 atom stereocenters. The summed E-state index contributed by atoms with van der Waals surface area (Å²) in [5.74, 6) is 1.47. The smallest absolute Gasteiger partial charge is 0.231 e. The van der Waals surface area contributed by atoms with Crippen LogP contribution in [0, 0.1) is 0 Å². The van der Waals surface area contributed by atoms with Gasteiger partial charge in [-0.05, 0) is 12.1 Å². The molecule has 1 aromatic rings. The minimum absolute atomic E-state index is 0.0575. The number of hydrogen-bond donors (Lipinski definition) is 1. The van der Waals surface area contributed by atoms with Gasteiger partial charge in [-0.1, -0.05) is 11.6 Å². The zero-order valence-corrected chi connectivity index (χ0v) is 9.42. The van der Waals surface area contributed by atoms with Crippen LogP contribution in [-0.2, 0) is 4.74 Å². The first-order chi connectivity index (χ1) is 7.86. The van der Waals surface area contributed by atoms with Crippen molar-refractivity contribution in [2.45, 2.75) is 6.10 Å². The lowest BCUT2D eigenvalue weighted by atomic mass is 10.1. The second-order valence-electron chi connectivity index (χ2n) is 3.76. The number of hydrogen-bond acceptors (Lipinski definition) is 4. The Kier molecular flexibility index (Phi) is 2.63. The topological polar surface area (TPSA) is 39.7 Å². The molecule has 0 saturated carbocycles. The molecule has 5 heteroatoms.